The standard InChI is InChI=1S/C8H12N2O2/c1-3-4-12-8(11)7-5-6(2)9-10-7/h5H,3-4H2,1-2H3,(H,9,10). The van der Waals surface area contributed by atoms with Crippen molar-refractivity contribution in [3.63, 3.8) is 0 Å². The van der Waals surface area contributed by atoms with Gasteiger partial charge in [0.15, 0.2) is 5.69 Å². The van der Waals surface area contributed by atoms with Crippen molar-refractivity contribution in [2.24, 2.45) is 0 Å². The van der Waals surface area contributed by atoms with Crippen molar-refractivity contribution < 1.29 is 9.53 Å². The molecule has 0 radical (unpaired) electrons. The van der Waals surface area contributed by atoms with Gasteiger partial charge in [-0.15, -0.1) is 0 Å². The lowest BCUT2D eigenvalue weighted by atomic mass is 10.4. The number of nitrogens with one attached hydrogen (secondary N) is 1. The molecule has 0 unspecified atom stereocenters. The normalized spacial score (nSPS) is 9.83. The molecule has 0 aromatic carbocycles. The van der Waals surface area contributed by atoms with Crippen LogP contribution in [0.15, 0.2) is 6.07 Å². The van der Waals surface area contributed by atoms with Crippen molar-refractivity contribution in [3.05, 3.63) is 17.5 Å². The van der Waals surface area contributed by atoms with E-state index in [0.29, 0.717) is 12.3 Å². The molecule has 4 heteroatoms. The lowest BCUT2D eigenvalue weighted by Crippen LogP contribution is -2.06. The highest BCUT2D eigenvalue weighted by molar-refractivity contribution is 5.87. The van der Waals surface area contributed by atoms with Crippen LogP contribution in [0.2, 0.25) is 0 Å². The summed E-state index contributed by atoms with van der Waals surface area (Å²) in [5, 5.41) is 6.44. The minimum Gasteiger partial charge on any atom is -0.461 e. The van der Waals surface area contributed by atoms with Crippen molar-refractivity contribution >= 4 is 5.97 Å². The minimum absolute atomic E-state index is 0.348. The number of aryl methyl sites for hydroxylation is 1. The average molecular weight is 168 g/mol. The molecule has 66 valence electrons. The zero-order valence-corrected chi connectivity index (χ0v) is 7.26. The predicted octanol–water partition coefficient (Wildman–Crippen LogP) is 1.28. The fourth-order valence-corrected chi connectivity index (χ4v) is 0.791. The molecular weight excluding hydrogens is 156 g/mol. The number of rotatable bonds is 3. The zero-order chi connectivity index (χ0) is 8.97. The summed E-state index contributed by atoms with van der Waals surface area (Å²) >= 11 is 0. The number of hydrogen-bond acceptors (Lipinski definition) is 3. The Morgan fingerprint density at radius 3 is 3.00 bits per heavy atom. The van der Waals surface area contributed by atoms with Gasteiger partial charge in [-0.3, -0.25) is 5.10 Å². The predicted molar refractivity (Wildman–Crippen MR) is 43.9 cm³/mol. The second kappa shape index (κ2) is 3.90. The topological polar surface area (TPSA) is 55.0 Å². The summed E-state index contributed by atoms with van der Waals surface area (Å²) in [6.45, 7) is 4.23. The monoisotopic (exact) mass is 168 g/mol. The summed E-state index contributed by atoms with van der Waals surface area (Å²) in [4.78, 5) is 11.1. The van der Waals surface area contributed by atoms with Crippen LogP contribution in [-0.4, -0.2) is 22.8 Å². The van der Waals surface area contributed by atoms with Crippen LogP contribution in [0.1, 0.15) is 29.5 Å². The molecule has 0 aliphatic heterocycles. The van der Waals surface area contributed by atoms with E-state index in [1.807, 2.05) is 13.8 Å². The van der Waals surface area contributed by atoms with E-state index in [4.69, 9.17) is 4.74 Å². The Balaban J connectivity index is 2.53. The van der Waals surface area contributed by atoms with E-state index < -0.39 is 0 Å². The number of carbonyl (C=O) groups is 1. The van der Waals surface area contributed by atoms with Gasteiger partial charge in [0.25, 0.3) is 0 Å². The quantitative estimate of drug-likeness (QED) is 0.692. The average Bonchev–Trinajstić information content (AvgIpc) is 2.47. The molecular formula is C8H12N2O2. The lowest BCUT2D eigenvalue weighted by Gasteiger charge is -1.97. The fourth-order valence-electron chi connectivity index (χ4n) is 0.791. The van der Waals surface area contributed by atoms with Crippen LogP contribution in [0.5, 0.6) is 0 Å². The molecule has 0 saturated carbocycles. The maximum atomic E-state index is 11.1. The van der Waals surface area contributed by atoms with Crippen molar-refractivity contribution in [2.45, 2.75) is 20.3 Å². The molecule has 1 aromatic heterocycles. The highest BCUT2D eigenvalue weighted by Gasteiger charge is 2.09. The second-order valence-corrected chi connectivity index (χ2v) is 2.57. The Bertz CT molecular complexity index is 268. The first kappa shape index (κ1) is 8.77. The molecule has 0 aliphatic rings. The maximum Gasteiger partial charge on any atom is 0.358 e. The van der Waals surface area contributed by atoms with Gasteiger partial charge in [0.05, 0.1) is 6.61 Å². The third kappa shape index (κ3) is 2.08. The van der Waals surface area contributed by atoms with Gasteiger partial charge >= 0.3 is 5.97 Å². The molecule has 0 saturated heterocycles. The molecule has 0 aliphatic carbocycles. The van der Waals surface area contributed by atoms with Crippen LogP contribution in [-0.2, 0) is 4.74 Å². The van der Waals surface area contributed by atoms with Crippen molar-refractivity contribution in [1.82, 2.24) is 10.2 Å². The molecule has 0 spiro atoms. The largest absolute Gasteiger partial charge is 0.461 e. The van der Waals surface area contributed by atoms with E-state index in [9.17, 15) is 4.79 Å². The van der Waals surface area contributed by atoms with Crippen molar-refractivity contribution in [1.29, 1.82) is 0 Å². The van der Waals surface area contributed by atoms with E-state index >= 15 is 0 Å². The van der Waals surface area contributed by atoms with Crippen LogP contribution in [0.4, 0.5) is 0 Å². The Morgan fingerprint density at radius 1 is 1.75 bits per heavy atom. The Morgan fingerprint density at radius 2 is 2.50 bits per heavy atom. The molecule has 0 bridgehead atoms. The first-order chi connectivity index (χ1) is 5.74. The number of aromatic nitrogens is 2. The maximum absolute atomic E-state index is 11.1. The molecule has 0 amide bonds. The zero-order valence-electron chi connectivity index (χ0n) is 7.26. The molecule has 1 heterocycles. The van der Waals surface area contributed by atoms with Gasteiger partial charge < -0.3 is 4.74 Å². The molecule has 4 nitrogen and oxygen atoms in total. The highest BCUT2D eigenvalue weighted by Crippen LogP contribution is 1.99. The highest BCUT2D eigenvalue weighted by atomic mass is 16.5. The summed E-state index contributed by atoms with van der Waals surface area (Å²) in [5.74, 6) is -0.360. The number of esters is 1. The number of hydrogen-bond donors (Lipinski definition) is 1. The molecule has 0 fully saturated rings. The minimum atomic E-state index is -0.360. The van der Waals surface area contributed by atoms with E-state index in [0.717, 1.165) is 12.1 Å². The Hall–Kier alpha value is -1.32. The van der Waals surface area contributed by atoms with Crippen LogP contribution in [0.25, 0.3) is 0 Å². The van der Waals surface area contributed by atoms with Gasteiger partial charge in [-0.1, -0.05) is 6.92 Å². The fraction of sp³-hybridized carbons (Fsp3) is 0.500. The smallest absolute Gasteiger partial charge is 0.358 e. The third-order valence-corrected chi connectivity index (χ3v) is 1.35. The molecule has 1 N–H and O–H groups in total. The van der Waals surface area contributed by atoms with Gasteiger partial charge in [0, 0.05) is 5.69 Å². The van der Waals surface area contributed by atoms with Crippen molar-refractivity contribution in [2.75, 3.05) is 6.61 Å². The number of H-pyrrole nitrogens is 1. The summed E-state index contributed by atoms with van der Waals surface area (Å²) < 4.78 is 4.87. The molecule has 1 aromatic rings. The van der Waals surface area contributed by atoms with Gasteiger partial charge in [-0.2, -0.15) is 5.10 Å². The number of nitrogens with zero attached hydrogens (tertiary/aromatic N) is 1. The molecule has 1 rings (SSSR count). The van der Waals surface area contributed by atoms with Gasteiger partial charge in [0.1, 0.15) is 0 Å². The summed E-state index contributed by atoms with van der Waals surface area (Å²) in [5.41, 5.74) is 1.21. The van der Waals surface area contributed by atoms with E-state index in [2.05, 4.69) is 10.2 Å². The van der Waals surface area contributed by atoms with Crippen LogP contribution < -0.4 is 0 Å². The van der Waals surface area contributed by atoms with E-state index in [-0.39, 0.29) is 5.97 Å². The van der Waals surface area contributed by atoms with Gasteiger partial charge in [-0.25, -0.2) is 4.79 Å². The van der Waals surface area contributed by atoms with Crippen LogP contribution >= 0.6 is 0 Å². The SMILES string of the molecule is CCCOC(=O)c1cc(C)[nH]n1. The summed E-state index contributed by atoms with van der Waals surface area (Å²) in [6, 6.07) is 1.66. The van der Waals surface area contributed by atoms with Gasteiger partial charge in [0.2, 0.25) is 0 Å². The second-order valence-electron chi connectivity index (χ2n) is 2.57. The summed E-state index contributed by atoms with van der Waals surface area (Å²) in [7, 11) is 0. The molecule has 0 atom stereocenters. The lowest BCUT2D eigenvalue weighted by molar-refractivity contribution is 0.0498. The van der Waals surface area contributed by atoms with E-state index in [1.165, 1.54) is 0 Å². The van der Waals surface area contributed by atoms with Crippen LogP contribution in [0.3, 0.4) is 0 Å². The first-order valence-corrected chi connectivity index (χ1v) is 3.93. The van der Waals surface area contributed by atoms with E-state index in [1.54, 1.807) is 6.07 Å². The summed E-state index contributed by atoms with van der Waals surface area (Å²) in [6.07, 6.45) is 0.829. The Kier molecular flexibility index (Phi) is 2.85. The number of ether oxygens (including phenoxy) is 1. The third-order valence-electron chi connectivity index (χ3n) is 1.35. The van der Waals surface area contributed by atoms with Crippen molar-refractivity contribution in [3.8, 4) is 0 Å². The first-order valence-electron chi connectivity index (χ1n) is 3.93. The Labute approximate surface area is 70.9 Å². The van der Waals surface area contributed by atoms with Crippen LogP contribution in [0, 0.1) is 6.92 Å². The number of carbonyl (C=O) groups excluding carboxylic acids is 1. The number of aromatic amines is 1. The molecule has 12 heavy (non-hydrogen) atoms. The van der Waals surface area contributed by atoms with Gasteiger partial charge in [-0.05, 0) is 19.4 Å².